The molecule has 0 fully saturated rings. The van der Waals surface area contributed by atoms with Gasteiger partial charge in [0.25, 0.3) is 0 Å². The Morgan fingerprint density at radius 3 is 2.62 bits per heavy atom. The third-order valence-electron chi connectivity index (χ3n) is 1.92. The average Bonchev–Trinajstić information content (AvgIpc) is 2.19. The van der Waals surface area contributed by atoms with Crippen molar-refractivity contribution in [2.24, 2.45) is 11.5 Å². The van der Waals surface area contributed by atoms with Crippen LogP contribution in [0.3, 0.4) is 0 Å². The number of carbonyl (C=O) groups excluding carboxylic acids is 1. The van der Waals surface area contributed by atoms with Crippen molar-refractivity contribution in [1.29, 1.82) is 0 Å². The molecule has 0 aromatic heterocycles. The van der Waals surface area contributed by atoms with Crippen LogP contribution in [0.15, 0.2) is 18.2 Å². The fourth-order valence-corrected chi connectivity index (χ4v) is 1.14. The molecule has 1 aromatic rings. The van der Waals surface area contributed by atoms with Gasteiger partial charge >= 0.3 is 5.97 Å². The highest BCUT2D eigenvalue weighted by atomic mass is 35.5. The van der Waals surface area contributed by atoms with E-state index in [1.54, 1.807) is 6.07 Å². The summed E-state index contributed by atoms with van der Waals surface area (Å²) in [6.45, 7) is 1.55. The molecule has 0 unspecified atom stereocenters. The van der Waals surface area contributed by atoms with Crippen molar-refractivity contribution in [1.82, 2.24) is 0 Å². The Kier molecular flexibility index (Phi) is 5.81. The number of hydrogen-bond donors (Lipinski definition) is 3. The first-order valence-corrected chi connectivity index (χ1v) is 4.51. The lowest BCUT2D eigenvalue weighted by atomic mass is 10.1. The van der Waals surface area contributed by atoms with Gasteiger partial charge in [0.15, 0.2) is 11.5 Å². The van der Waals surface area contributed by atoms with Crippen LogP contribution in [0.25, 0.3) is 0 Å². The molecule has 90 valence electrons. The molecule has 0 aliphatic heterocycles. The quantitative estimate of drug-likeness (QED) is 0.539. The van der Waals surface area contributed by atoms with Gasteiger partial charge in [-0.2, -0.15) is 0 Å². The first kappa shape index (κ1) is 14.7. The van der Waals surface area contributed by atoms with Crippen molar-refractivity contribution in [2.75, 3.05) is 6.54 Å². The third-order valence-corrected chi connectivity index (χ3v) is 1.92. The number of halogens is 1. The minimum Gasteiger partial charge on any atom is -0.504 e. The average molecular weight is 247 g/mol. The maximum Gasteiger partial charge on any atom is 0.308 e. The number of aromatic hydroxyl groups is 1. The number of hydrogen-bond acceptors (Lipinski definition) is 5. The molecular weight excluding hydrogens is 232 g/mol. The molecule has 0 radical (unpaired) electrons. The van der Waals surface area contributed by atoms with E-state index in [2.05, 4.69) is 0 Å². The molecule has 6 heteroatoms. The van der Waals surface area contributed by atoms with E-state index in [1.165, 1.54) is 19.1 Å². The maximum absolute atomic E-state index is 10.7. The van der Waals surface area contributed by atoms with E-state index >= 15 is 0 Å². The predicted octanol–water partition coefficient (Wildman–Crippen LogP) is 0.698. The van der Waals surface area contributed by atoms with Crippen molar-refractivity contribution in [3.8, 4) is 11.5 Å². The minimum atomic E-state index is -0.485. The second-order valence-corrected chi connectivity index (χ2v) is 3.16. The summed E-state index contributed by atoms with van der Waals surface area (Å²) in [7, 11) is 0. The lowest BCUT2D eigenvalue weighted by Gasteiger charge is -2.11. The van der Waals surface area contributed by atoms with Gasteiger partial charge in [-0.3, -0.25) is 4.79 Å². The van der Waals surface area contributed by atoms with E-state index in [4.69, 9.17) is 16.2 Å². The number of rotatable bonds is 3. The smallest absolute Gasteiger partial charge is 0.308 e. The highest BCUT2D eigenvalue weighted by Gasteiger charge is 2.09. The zero-order valence-electron chi connectivity index (χ0n) is 8.84. The summed E-state index contributed by atoms with van der Waals surface area (Å²) in [6, 6.07) is 4.26. The van der Waals surface area contributed by atoms with Crippen molar-refractivity contribution in [3.05, 3.63) is 23.8 Å². The Morgan fingerprint density at radius 2 is 2.19 bits per heavy atom. The predicted molar refractivity (Wildman–Crippen MR) is 62.6 cm³/mol. The fraction of sp³-hybridized carbons (Fsp3) is 0.300. The second kappa shape index (κ2) is 6.32. The van der Waals surface area contributed by atoms with Crippen LogP contribution in [-0.4, -0.2) is 17.6 Å². The molecule has 0 heterocycles. The van der Waals surface area contributed by atoms with Crippen LogP contribution in [0.4, 0.5) is 0 Å². The van der Waals surface area contributed by atoms with E-state index in [1.807, 2.05) is 0 Å². The van der Waals surface area contributed by atoms with E-state index in [-0.39, 0.29) is 36.5 Å². The highest BCUT2D eigenvalue weighted by Crippen LogP contribution is 2.28. The Bertz CT molecular complexity index is 371. The van der Waals surface area contributed by atoms with Crippen LogP contribution in [0.2, 0.25) is 0 Å². The van der Waals surface area contributed by atoms with Crippen LogP contribution < -0.4 is 16.2 Å². The molecule has 1 aromatic carbocycles. The molecule has 0 saturated heterocycles. The summed E-state index contributed by atoms with van der Waals surface area (Å²) < 4.78 is 4.75. The molecule has 5 nitrogen and oxygen atoms in total. The maximum atomic E-state index is 10.7. The number of phenols is 1. The number of esters is 1. The Labute approximate surface area is 99.8 Å². The van der Waals surface area contributed by atoms with Gasteiger partial charge in [0.1, 0.15) is 0 Å². The molecule has 5 N–H and O–H groups in total. The molecule has 0 saturated carbocycles. The molecule has 1 rings (SSSR count). The van der Waals surface area contributed by atoms with Gasteiger partial charge in [-0.15, -0.1) is 12.4 Å². The molecule has 1 atom stereocenters. The zero-order chi connectivity index (χ0) is 11.4. The topological polar surface area (TPSA) is 98.6 Å². The van der Waals surface area contributed by atoms with Gasteiger partial charge in [0.2, 0.25) is 0 Å². The van der Waals surface area contributed by atoms with Gasteiger partial charge in [-0.1, -0.05) is 6.07 Å². The summed E-state index contributed by atoms with van der Waals surface area (Å²) >= 11 is 0. The second-order valence-electron chi connectivity index (χ2n) is 3.16. The van der Waals surface area contributed by atoms with Crippen LogP contribution >= 0.6 is 12.4 Å². The van der Waals surface area contributed by atoms with E-state index in [9.17, 15) is 9.90 Å². The molecule has 16 heavy (non-hydrogen) atoms. The summed E-state index contributed by atoms with van der Waals surface area (Å²) in [5.41, 5.74) is 11.8. The van der Waals surface area contributed by atoms with E-state index in [0.717, 1.165) is 0 Å². The summed E-state index contributed by atoms with van der Waals surface area (Å²) in [5, 5.41) is 9.51. The number of ether oxygens (including phenoxy) is 1. The summed E-state index contributed by atoms with van der Waals surface area (Å²) in [5.74, 6) is -0.483. The van der Waals surface area contributed by atoms with Crippen molar-refractivity contribution >= 4 is 18.4 Å². The molecular formula is C10H15ClN2O3. The zero-order valence-corrected chi connectivity index (χ0v) is 9.66. The Hall–Kier alpha value is -1.30. The third kappa shape index (κ3) is 3.69. The van der Waals surface area contributed by atoms with E-state index < -0.39 is 5.97 Å². The lowest BCUT2D eigenvalue weighted by molar-refractivity contribution is -0.132. The van der Waals surface area contributed by atoms with Gasteiger partial charge in [-0.05, 0) is 17.7 Å². The van der Waals surface area contributed by atoms with Crippen LogP contribution in [-0.2, 0) is 4.79 Å². The van der Waals surface area contributed by atoms with Crippen molar-refractivity contribution in [3.63, 3.8) is 0 Å². The van der Waals surface area contributed by atoms with Crippen LogP contribution in [0.5, 0.6) is 11.5 Å². The van der Waals surface area contributed by atoms with Gasteiger partial charge < -0.3 is 21.3 Å². The number of carbonyl (C=O) groups is 1. The molecule has 0 bridgehead atoms. The molecule has 0 aliphatic rings. The van der Waals surface area contributed by atoms with Gasteiger partial charge in [0.05, 0.1) is 0 Å². The SMILES string of the molecule is CC(=O)Oc1ccc([C@H](N)CN)cc1O.Cl. The van der Waals surface area contributed by atoms with Crippen LogP contribution in [0.1, 0.15) is 18.5 Å². The molecule has 0 amide bonds. The first-order valence-electron chi connectivity index (χ1n) is 4.51. The van der Waals surface area contributed by atoms with Gasteiger partial charge in [-0.25, -0.2) is 0 Å². The van der Waals surface area contributed by atoms with Gasteiger partial charge in [0, 0.05) is 19.5 Å². The lowest BCUT2D eigenvalue weighted by Crippen LogP contribution is -2.20. The van der Waals surface area contributed by atoms with Crippen LogP contribution in [0, 0.1) is 0 Å². The normalized spacial score (nSPS) is 11.4. The standard InChI is InChI=1S/C10H14N2O3.ClH/c1-6(13)15-10-3-2-7(4-9(10)14)8(12)5-11;/h2-4,8,14H,5,11-12H2,1H3;1H/t8-;/m1./s1. The molecule has 0 spiro atoms. The first-order chi connectivity index (χ1) is 7.04. The molecule has 0 aliphatic carbocycles. The number of phenolic OH excluding ortho intramolecular Hbond substituents is 1. The number of nitrogens with two attached hydrogens (primary N) is 2. The highest BCUT2D eigenvalue weighted by molar-refractivity contribution is 5.85. The summed E-state index contributed by atoms with van der Waals surface area (Å²) in [4.78, 5) is 10.7. The van der Waals surface area contributed by atoms with Crippen molar-refractivity contribution in [2.45, 2.75) is 13.0 Å². The minimum absolute atomic E-state index is 0. The van der Waals surface area contributed by atoms with E-state index in [0.29, 0.717) is 5.56 Å². The monoisotopic (exact) mass is 246 g/mol. The summed E-state index contributed by atoms with van der Waals surface area (Å²) in [6.07, 6.45) is 0. The largest absolute Gasteiger partial charge is 0.504 e. The number of benzene rings is 1. The fourth-order valence-electron chi connectivity index (χ4n) is 1.14. The van der Waals surface area contributed by atoms with Crippen molar-refractivity contribution < 1.29 is 14.6 Å². The Morgan fingerprint density at radius 1 is 1.56 bits per heavy atom. The Balaban J connectivity index is 0.00000225.